The summed E-state index contributed by atoms with van der Waals surface area (Å²) in [6.45, 7) is 4.39. The van der Waals surface area contributed by atoms with Gasteiger partial charge in [0.05, 0.1) is 0 Å². The molecule has 1 aliphatic rings. The molecule has 0 amide bonds. The number of nitrogens with zero attached hydrogens (tertiary/aromatic N) is 2. The Bertz CT molecular complexity index is 653. The molecular formula is C18H21F3N2OS. The van der Waals surface area contributed by atoms with Crippen molar-refractivity contribution in [2.24, 2.45) is 0 Å². The van der Waals surface area contributed by atoms with Crippen molar-refractivity contribution in [2.75, 3.05) is 32.8 Å². The molecule has 3 nitrogen and oxygen atoms in total. The SMILES string of the molecule is FC(F)(F)COc1cccc(CN2CCN(Cc3cccs3)CC2)c1. The number of hydrogen-bond acceptors (Lipinski definition) is 4. The topological polar surface area (TPSA) is 15.7 Å². The zero-order valence-electron chi connectivity index (χ0n) is 13.8. The van der Waals surface area contributed by atoms with Gasteiger partial charge in [0.25, 0.3) is 0 Å². The van der Waals surface area contributed by atoms with E-state index in [2.05, 4.69) is 27.3 Å². The van der Waals surface area contributed by atoms with Crippen molar-refractivity contribution >= 4 is 11.3 Å². The fourth-order valence-electron chi connectivity index (χ4n) is 2.89. The first kappa shape index (κ1) is 18.2. The number of benzene rings is 1. The maximum Gasteiger partial charge on any atom is 0.422 e. The maximum atomic E-state index is 12.2. The van der Waals surface area contributed by atoms with Crippen LogP contribution in [0.15, 0.2) is 41.8 Å². The van der Waals surface area contributed by atoms with E-state index in [1.807, 2.05) is 6.07 Å². The molecule has 1 aliphatic heterocycles. The minimum Gasteiger partial charge on any atom is -0.484 e. The molecule has 1 aromatic carbocycles. The molecule has 0 radical (unpaired) electrons. The molecule has 0 atom stereocenters. The molecule has 0 bridgehead atoms. The predicted molar refractivity (Wildman–Crippen MR) is 92.9 cm³/mol. The van der Waals surface area contributed by atoms with Crippen LogP contribution in [0.3, 0.4) is 0 Å². The monoisotopic (exact) mass is 370 g/mol. The summed E-state index contributed by atoms with van der Waals surface area (Å²) in [4.78, 5) is 6.14. The standard InChI is InChI=1S/C18H21F3N2OS/c19-18(20,21)14-24-16-4-1-3-15(11-16)12-22-6-8-23(9-7-22)13-17-5-2-10-25-17/h1-5,10-11H,6-9,12-14H2. The molecule has 0 aliphatic carbocycles. The van der Waals surface area contributed by atoms with Gasteiger partial charge in [-0.1, -0.05) is 18.2 Å². The Labute approximate surface area is 149 Å². The Hall–Kier alpha value is -1.57. The third-order valence-electron chi connectivity index (χ3n) is 4.13. The predicted octanol–water partition coefficient (Wildman–Crippen LogP) is 4.01. The first-order valence-electron chi connectivity index (χ1n) is 8.23. The molecule has 0 unspecified atom stereocenters. The van der Waals surface area contributed by atoms with Crippen LogP contribution in [0.2, 0.25) is 0 Å². The van der Waals surface area contributed by atoms with Gasteiger partial charge in [0.2, 0.25) is 0 Å². The minimum absolute atomic E-state index is 0.270. The molecule has 7 heteroatoms. The van der Waals surface area contributed by atoms with Crippen molar-refractivity contribution in [3.63, 3.8) is 0 Å². The van der Waals surface area contributed by atoms with E-state index in [0.717, 1.165) is 44.8 Å². The number of halogens is 3. The van der Waals surface area contributed by atoms with Gasteiger partial charge in [-0.25, -0.2) is 0 Å². The van der Waals surface area contributed by atoms with Crippen LogP contribution in [0.4, 0.5) is 13.2 Å². The zero-order chi connectivity index (χ0) is 17.7. The Balaban J connectivity index is 1.47. The lowest BCUT2D eigenvalue weighted by atomic mass is 10.2. The Morgan fingerprint density at radius 3 is 2.32 bits per heavy atom. The zero-order valence-corrected chi connectivity index (χ0v) is 14.7. The van der Waals surface area contributed by atoms with Gasteiger partial charge in [-0.3, -0.25) is 9.80 Å². The van der Waals surface area contributed by atoms with Gasteiger partial charge < -0.3 is 4.74 Å². The van der Waals surface area contributed by atoms with Crippen LogP contribution >= 0.6 is 11.3 Å². The molecule has 1 aromatic heterocycles. The molecule has 1 fully saturated rings. The lowest BCUT2D eigenvalue weighted by Gasteiger charge is -2.34. The number of rotatable bonds is 6. The molecule has 3 rings (SSSR count). The summed E-state index contributed by atoms with van der Waals surface area (Å²) in [7, 11) is 0. The lowest BCUT2D eigenvalue weighted by Crippen LogP contribution is -2.45. The van der Waals surface area contributed by atoms with E-state index >= 15 is 0 Å². The summed E-state index contributed by atoms with van der Waals surface area (Å²) in [5, 5.41) is 2.10. The van der Waals surface area contributed by atoms with Crippen LogP contribution in [0.1, 0.15) is 10.4 Å². The van der Waals surface area contributed by atoms with Crippen LogP contribution in [0.25, 0.3) is 0 Å². The quantitative estimate of drug-likeness (QED) is 0.764. The summed E-state index contributed by atoms with van der Waals surface area (Å²) in [6.07, 6.45) is -4.31. The normalized spacial score (nSPS) is 16.9. The molecule has 2 heterocycles. The van der Waals surface area contributed by atoms with E-state index in [1.54, 1.807) is 29.5 Å². The van der Waals surface area contributed by atoms with Gasteiger partial charge in [-0.15, -0.1) is 11.3 Å². The first-order valence-corrected chi connectivity index (χ1v) is 9.11. The second kappa shape index (κ2) is 8.21. The number of hydrogen-bond donors (Lipinski definition) is 0. The van der Waals surface area contributed by atoms with Crippen molar-refractivity contribution in [1.29, 1.82) is 0 Å². The number of alkyl halides is 3. The summed E-state index contributed by atoms with van der Waals surface area (Å²) in [5.41, 5.74) is 0.978. The van der Waals surface area contributed by atoms with E-state index in [9.17, 15) is 13.2 Å². The molecule has 0 saturated carbocycles. The number of thiophene rings is 1. The highest BCUT2D eigenvalue weighted by Gasteiger charge is 2.28. The summed E-state index contributed by atoms with van der Waals surface area (Å²) in [5.74, 6) is 0.270. The fraction of sp³-hybridized carbons (Fsp3) is 0.444. The number of piperazine rings is 1. The second-order valence-corrected chi connectivity index (χ2v) is 7.22. The van der Waals surface area contributed by atoms with E-state index in [-0.39, 0.29) is 5.75 Å². The fourth-order valence-corrected chi connectivity index (χ4v) is 3.63. The average molecular weight is 370 g/mol. The third kappa shape index (κ3) is 6.02. The molecular weight excluding hydrogens is 349 g/mol. The highest BCUT2D eigenvalue weighted by Crippen LogP contribution is 2.20. The van der Waals surface area contributed by atoms with Gasteiger partial charge in [-0.05, 0) is 29.1 Å². The van der Waals surface area contributed by atoms with Crippen molar-refractivity contribution in [1.82, 2.24) is 9.80 Å². The van der Waals surface area contributed by atoms with E-state index in [0.29, 0.717) is 0 Å². The van der Waals surface area contributed by atoms with Gasteiger partial charge in [-0.2, -0.15) is 13.2 Å². The van der Waals surface area contributed by atoms with Crippen molar-refractivity contribution in [2.45, 2.75) is 19.3 Å². The highest BCUT2D eigenvalue weighted by atomic mass is 32.1. The van der Waals surface area contributed by atoms with Crippen LogP contribution in [0.5, 0.6) is 5.75 Å². The first-order chi connectivity index (χ1) is 12.0. The Morgan fingerprint density at radius 1 is 0.960 bits per heavy atom. The van der Waals surface area contributed by atoms with Gasteiger partial charge in [0, 0.05) is 44.1 Å². The van der Waals surface area contributed by atoms with Crippen LogP contribution in [-0.2, 0) is 13.1 Å². The minimum atomic E-state index is -4.31. The van der Waals surface area contributed by atoms with Gasteiger partial charge in [0.1, 0.15) is 5.75 Å². The average Bonchev–Trinajstić information content (AvgIpc) is 3.08. The van der Waals surface area contributed by atoms with Crippen molar-refractivity contribution < 1.29 is 17.9 Å². The van der Waals surface area contributed by atoms with Gasteiger partial charge >= 0.3 is 6.18 Å². The molecule has 0 N–H and O–H groups in total. The second-order valence-electron chi connectivity index (χ2n) is 6.18. The van der Waals surface area contributed by atoms with Crippen LogP contribution < -0.4 is 4.74 Å². The summed E-state index contributed by atoms with van der Waals surface area (Å²) in [6, 6.07) is 11.2. The number of ether oxygens (including phenoxy) is 1. The smallest absolute Gasteiger partial charge is 0.422 e. The van der Waals surface area contributed by atoms with E-state index in [4.69, 9.17) is 4.74 Å². The molecule has 2 aromatic rings. The van der Waals surface area contributed by atoms with Gasteiger partial charge in [0.15, 0.2) is 6.61 Å². The van der Waals surface area contributed by atoms with E-state index in [1.165, 1.54) is 4.88 Å². The van der Waals surface area contributed by atoms with Crippen LogP contribution in [0, 0.1) is 0 Å². The largest absolute Gasteiger partial charge is 0.484 e. The maximum absolute atomic E-state index is 12.2. The van der Waals surface area contributed by atoms with Crippen molar-refractivity contribution in [3.05, 3.63) is 52.2 Å². The molecule has 1 saturated heterocycles. The Kier molecular flexibility index (Phi) is 5.98. The van der Waals surface area contributed by atoms with Crippen molar-refractivity contribution in [3.8, 4) is 5.75 Å². The van der Waals surface area contributed by atoms with Crippen LogP contribution in [-0.4, -0.2) is 48.8 Å². The lowest BCUT2D eigenvalue weighted by molar-refractivity contribution is -0.153. The van der Waals surface area contributed by atoms with E-state index < -0.39 is 12.8 Å². The molecule has 136 valence electrons. The summed E-state index contributed by atoms with van der Waals surface area (Å²) >= 11 is 1.78. The third-order valence-corrected chi connectivity index (χ3v) is 4.99. The summed E-state index contributed by atoms with van der Waals surface area (Å²) < 4.78 is 41.6. The highest BCUT2D eigenvalue weighted by molar-refractivity contribution is 7.09. The molecule has 0 spiro atoms. The molecule has 25 heavy (non-hydrogen) atoms. The Morgan fingerprint density at radius 2 is 1.68 bits per heavy atom.